The number of aliphatic carboxylic acids is 1. The van der Waals surface area contributed by atoms with Crippen molar-refractivity contribution < 1.29 is 14.7 Å². The molecule has 0 aliphatic heterocycles. The lowest BCUT2D eigenvalue weighted by Crippen LogP contribution is -2.41. The van der Waals surface area contributed by atoms with E-state index in [2.05, 4.69) is 24.5 Å². The highest BCUT2D eigenvalue weighted by molar-refractivity contribution is 5.79. The molecule has 0 heterocycles. The van der Waals surface area contributed by atoms with E-state index in [1.54, 1.807) is 24.3 Å². The smallest absolute Gasteiger partial charge is 0.314 e. The second-order valence-electron chi connectivity index (χ2n) is 5.07. The Morgan fingerprint density at radius 1 is 1.05 bits per heavy atom. The van der Waals surface area contributed by atoms with Gasteiger partial charge in [-0.25, -0.2) is 4.79 Å². The first-order chi connectivity index (χ1) is 10.1. The molecule has 116 valence electrons. The van der Waals surface area contributed by atoms with Crippen LogP contribution in [-0.2, 0) is 4.79 Å². The van der Waals surface area contributed by atoms with Gasteiger partial charge < -0.3 is 15.7 Å². The molecule has 0 saturated heterocycles. The van der Waals surface area contributed by atoms with Gasteiger partial charge in [0.2, 0.25) is 0 Å². The summed E-state index contributed by atoms with van der Waals surface area (Å²) in [5, 5.41) is 14.7. The van der Waals surface area contributed by atoms with Gasteiger partial charge in [0.1, 0.15) is 0 Å². The van der Waals surface area contributed by atoms with Gasteiger partial charge in [0, 0.05) is 13.1 Å². The number of carboxylic acid groups (broad SMARTS) is 1. The van der Waals surface area contributed by atoms with Gasteiger partial charge >= 0.3 is 12.0 Å². The molecular weight excluding hydrogens is 268 g/mol. The molecule has 1 atom stereocenters. The van der Waals surface area contributed by atoms with Gasteiger partial charge in [-0.1, -0.05) is 57.0 Å². The number of carbonyl (C=O) groups excluding carboxylic acids is 1. The van der Waals surface area contributed by atoms with Crippen LogP contribution in [0.3, 0.4) is 0 Å². The Labute approximate surface area is 125 Å². The van der Waals surface area contributed by atoms with E-state index in [0.29, 0.717) is 18.0 Å². The van der Waals surface area contributed by atoms with Crippen LogP contribution in [0.1, 0.15) is 38.2 Å². The Hall–Kier alpha value is -2.04. The number of amides is 2. The fraction of sp³-hybridized carbons (Fsp3) is 0.500. The average Bonchev–Trinajstić information content (AvgIpc) is 2.49. The van der Waals surface area contributed by atoms with Gasteiger partial charge in [0.05, 0.1) is 5.92 Å². The quantitative estimate of drug-likeness (QED) is 0.689. The molecule has 1 rings (SSSR count). The van der Waals surface area contributed by atoms with Crippen molar-refractivity contribution in [2.75, 3.05) is 13.1 Å². The third kappa shape index (κ3) is 5.85. The number of urea groups is 1. The Bertz CT molecular complexity index is 444. The molecule has 1 unspecified atom stereocenters. The van der Waals surface area contributed by atoms with E-state index in [1.807, 2.05) is 6.07 Å². The summed E-state index contributed by atoms with van der Waals surface area (Å²) in [5.74, 6) is -1.22. The first-order valence-corrected chi connectivity index (χ1v) is 7.37. The molecule has 1 aromatic rings. The third-order valence-electron chi connectivity index (χ3n) is 3.67. The largest absolute Gasteiger partial charge is 0.481 e. The second-order valence-corrected chi connectivity index (χ2v) is 5.07. The van der Waals surface area contributed by atoms with E-state index in [9.17, 15) is 14.7 Å². The fourth-order valence-electron chi connectivity index (χ4n) is 2.10. The molecule has 5 heteroatoms. The van der Waals surface area contributed by atoms with Gasteiger partial charge in [-0.3, -0.25) is 4.79 Å². The van der Waals surface area contributed by atoms with E-state index in [1.165, 1.54) is 0 Å². The zero-order valence-corrected chi connectivity index (χ0v) is 12.6. The number of hydrogen-bond donors (Lipinski definition) is 3. The number of carbonyl (C=O) groups is 2. The summed E-state index contributed by atoms with van der Waals surface area (Å²) in [6.07, 6.45) is 2.02. The molecule has 3 N–H and O–H groups in total. The van der Waals surface area contributed by atoms with Crippen LogP contribution in [0.25, 0.3) is 0 Å². The number of carboxylic acids is 1. The number of nitrogens with one attached hydrogen (secondary N) is 2. The lowest BCUT2D eigenvalue weighted by Gasteiger charge is -2.16. The van der Waals surface area contributed by atoms with E-state index >= 15 is 0 Å². The standard InChI is InChI=1S/C16H24N2O3/c1-3-12(4-2)10-17-16(21)18-11-14(15(19)20)13-8-6-5-7-9-13/h5-9,12,14H,3-4,10-11H2,1-2H3,(H,19,20)(H2,17,18,21). The van der Waals surface area contributed by atoms with Crippen LogP contribution in [0.5, 0.6) is 0 Å². The monoisotopic (exact) mass is 292 g/mol. The van der Waals surface area contributed by atoms with Gasteiger partial charge in [0.25, 0.3) is 0 Å². The Kier molecular flexibility index (Phi) is 7.29. The molecular formula is C16H24N2O3. The summed E-state index contributed by atoms with van der Waals surface area (Å²) in [6, 6.07) is 8.60. The normalized spacial score (nSPS) is 12.0. The summed E-state index contributed by atoms with van der Waals surface area (Å²) in [7, 11) is 0. The van der Waals surface area contributed by atoms with Crippen molar-refractivity contribution in [3.8, 4) is 0 Å². The molecule has 0 saturated carbocycles. The van der Waals surface area contributed by atoms with Crippen LogP contribution in [0, 0.1) is 5.92 Å². The van der Waals surface area contributed by atoms with Crippen molar-refractivity contribution in [3.05, 3.63) is 35.9 Å². The topological polar surface area (TPSA) is 78.4 Å². The minimum Gasteiger partial charge on any atom is -0.481 e. The van der Waals surface area contributed by atoms with E-state index in [0.717, 1.165) is 12.8 Å². The van der Waals surface area contributed by atoms with Crippen molar-refractivity contribution in [1.82, 2.24) is 10.6 Å². The molecule has 0 radical (unpaired) electrons. The molecule has 0 bridgehead atoms. The van der Waals surface area contributed by atoms with E-state index in [4.69, 9.17) is 0 Å². The number of rotatable bonds is 8. The molecule has 0 aliphatic carbocycles. The maximum atomic E-state index is 11.7. The predicted octanol–water partition coefficient (Wildman–Crippen LogP) is 2.59. The minimum atomic E-state index is -0.943. The van der Waals surface area contributed by atoms with Crippen LogP contribution in [0.2, 0.25) is 0 Å². The van der Waals surface area contributed by atoms with Crippen LogP contribution in [-0.4, -0.2) is 30.2 Å². The fourth-order valence-corrected chi connectivity index (χ4v) is 2.10. The molecule has 0 fully saturated rings. The Balaban J connectivity index is 2.47. The molecule has 0 aromatic heterocycles. The molecule has 2 amide bonds. The van der Waals surface area contributed by atoms with Crippen LogP contribution in [0.4, 0.5) is 4.79 Å². The summed E-state index contributed by atoms with van der Waals surface area (Å²) in [4.78, 5) is 23.0. The number of benzene rings is 1. The van der Waals surface area contributed by atoms with Gasteiger partial charge in [0.15, 0.2) is 0 Å². The number of hydrogen-bond acceptors (Lipinski definition) is 2. The lowest BCUT2D eigenvalue weighted by molar-refractivity contribution is -0.138. The maximum absolute atomic E-state index is 11.7. The molecule has 5 nitrogen and oxygen atoms in total. The Morgan fingerprint density at radius 2 is 1.62 bits per heavy atom. The second kappa shape index (κ2) is 9.00. The lowest BCUT2D eigenvalue weighted by atomic mass is 9.99. The summed E-state index contributed by atoms with van der Waals surface area (Å²) < 4.78 is 0. The van der Waals surface area contributed by atoms with Gasteiger partial charge in [-0.15, -0.1) is 0 Å². The first kappa shape index (κ1) is 17.0. The summed E-state index contributed by atoms with van der Waals surface area (Å²) in [5.41, 5.74) is 0.685. The van der Waals surface area contributed by atoms with E-state index in [-0.39, 0.29) is 12.6 Å². The third-order valence-corrected chi connectivity index (χ3v) is 3.67. The average molecular weight is 292 g/mol. The van der Waals surface area contributed by atoms with Crippen LogP contribution >= 0.6 is 0 Å². The van der Waals surface area contributed by atoms with Crippen LogP contribution < -0.4 is 10.6 Å². The van der Waals surface area contributed by atoms with Crippen molar-refractivity contribution in [1.29, 1.82) is 0 Å². The van der Waals surface area contributed by atoms with E-state index < -0.39 is 11.9 Å². The minimum absolute atomic E-state index is 0.0775. The van der Waals surface area contributed by atoms with Crippen molar-refractivity contribution in [3.63, 3.8) is 0 Å². The Morgan fingerprint density at radius 3 is 2.14 bits per heavy atom. The molecule has 0 spiro atoms. The highest BCUT2D eigenvalue weighted by atomic mass is 16.4. The van der Waals surface area contributed by atoms with Crippen LogP contribution in [0.15, 0.2) is 30.3 Å². The first-order valence-electron chi connectivity index (χ1n) is 7.37. The summed E-state index contributed by atoms with van der Waals surface area (Å²) >= 11 is 0. The van der Waals surface area contributed by atoms with Crippen molar-refractivity contribution in [2.45, 2.75) is 32.6 Å². The SMILES string of the molecule is CCC(CC)CNC(=O)NCC(C(=O)O)c1ccccc1. The highest BCUT2D eigenvalue weighted by Crippen LogP contribution is 2.14. The molecule has 0 aliphatic rings. The zero-order chi connectivity index (χ0) is 15.7. The highest BCUT2D eigenvalue weighted by Gasteiger charge is 2.20. The molecule has 21 heavy (non-hydrogen) atoms. The maximum Gasteiger partial charge on any atom is 0.314 e. The predicted molar refractivity (Wildman–Crippen MR) is 82.3 cm³/mol. The summed E-state index contributed by atoms with van der Waals surface area (Å²) in [6.45, 7) is 4.86. The van der Waals surface area contributed by atoms with Crippen molar-refractivity contribution in [2.24, 2.45) is 5.92 Å². The zero-order valence-electron chi connectivity index (χ0n) is 12.6. The van der Waals surface area contributed by atoms with Gasteiger partial charge in [-0.05, 0) is 11.5 Å². The van der Waals surface area contributed by atoms with Gasteiger partial charge in [-0.2, -0.15) is 0 Å². The van der Waals surface area contributed by atoms with Crippen molar-refractivity contribution >= 4 is 12.0 Å². The molecule has 1 aromatic carbocycles.